The molecular weight excluding hydrogens is 495 g/mol. The predicted molar refractivity (Wildman–Crippen MR) is 131 cm³/mol. The van der Waals surface area contributed by atoms with Gasteiger partial charge in [0.05, 0.1) is 29.2 Å². The van der Waals surface area contributed by atoms with Gasteiger partial charge in [-0.15, -0.1) is 0 Å². The molecule has 0 aliphatic carbocycles. The zero-order valence-corrected chi connectivity index (χ0v) is 20.3. The Morgan fingerprint density at radius 1 is 1.11 bits per heavy atom. The van der Waals surface area contributed by atoms with Gasteiger partial charge in [0.1, 0.15) is 16.9 Å². The Bertz CT molecular complexity index is 1590. The molecule has 4 aromatic rings. The molecule has 35 heavy (non-hydrogen) atoms. The zero-order valence-electron chi connectivity index (χ0n) is 18.8. The first-order valence-electron chi connectivity index (χ1n) is 10.6. The molecule has 4 rings (SSSR count). The fraction of sp³-hybridized carbons (Fsp3) is 0.208. The fourth-order valence-corrected chi connectivity index (χ4v) is 3.94. The van der Waals surface area contributed by atoms with Crippen LogP contribution in [0.25, 0.3) is 16.7 Å². The van der Waals surface area contributed by atoms with Crippen molar-refractivity contribution in [3.63, 3.8) is 0 Å². The standard InChI is InChI=1S/C24H20Cl2N4O5/c1-3-35-24(33)17-13-16-20(27-19-6-4-5-9-29(19)23(16)32)30(10-11-34-2)21(17)28-22(31)15-12-14(25)7-8-18(15)26/h4-9,12-13H,3,10-11H2,1-2H3. The number of fused-ring (bicyclic) bond motifs is 2. The first-order chi connectivity index (χ1) is 16.8. The highest BCUT2D eigenvalue weighted by Gasteiger charge is 2.21. The lowest BCUT2D eigenvalue weighted by Gasteiger charge is -2.15. The number of aromatic nitrogens is 3. The van der Waals surface area contributed by atoms with E-state index in [0.717, 1.165) is 0 Å². The molecule has 0 aliphatic rings. The molecule has 1 aromatic carbocycles. The van der Waals surface area contributed by atoms with Crippen molar-refractivity contribution in [3.8, 4) is 0 Å². The molecule has 180 valence electrons. The summed E-state index contributed by atoms with van der Waals surface area (Å²) in [6.45, 7) is 2.06. The molecule has 11 heteroatoms. The van der Waals surface area contributed by atoms with Crippen molar-refractivity contribution in [2.24, 2.45) is 4.99 Å². The molecule has 0 atom stereocenters. The van der Waals surface area contributed by atoms with Crippen LogP contribution in [0.3, 0.4) is 0 Å². The number of halogens is 2. The maximum atomic E-state index is 13.3. The normalized spacial score (nSPS) is 11.8. The molecule has 1 amide bonds. The van der Waals surface area contributed by atoms with Crippen LogP contribution >= 0.6 is 23.2 Å². The van der Waals surface area contributed by atoms with Gasteiger partial charge in [-0.1, -0.05) is 29.3 Å². The van der Waals surface area contributed by atoms with Gasteiger partial charge in [0.25, 0.3) is 11.5 Å². The van der Waals surface area contributed by atoms with E-state index in [4.69, 9.17) is 32.7 Å². The lowest BCUT2D eigenvalue weighted by molar-refractivity contribution is 0.0523. The van der Waals surface area contributed by atoms with Gasteiger partial charge in [0.2, 0.25) is 0 Å². The number of pyridine rings is 2. The maximum absolute atomic E-state index is 13.3. The van der Waals surface area contributed by atoms with Gasteiger partial charge in [0.15, 0.2) is 5.49 Å². The smallest absolute Gasteiger partial charge is 0.341 e. The summed E-state index contributed by atoms with van der Waals surface area (Å²) >= 11 is 12.2. The molecule has 0 saturated carbocycles. The minimum atomic E-state index is -0.748. The number of rotatable bonds is 6. The second-order valence-corrected chi connectivity index (χ2v) is 8.21. The van der Waals surface area contributed by atoms with Crippen molar-refractivity contribution < 1.29 is 19.1 Å². The number of carbonyl (C=O) groups excluding carboxylic acids is 2. The van der Waals surface area contributed by atoms with E-state index in [2.05, 4.69) is 9.98 Å². The van der Waals surface area contributed by atoms with E-state index in [1.165, 1.54) is 34.3 Å². The maximum Gasteiger partial charge on any atom is 0.341 e. The Morgan fingerprint density at radius 2 is 1.91 bits per heavy atom. The molecular formula is C24H20Cl2N4O5. The summed E-state index contributed by atoms with van der Waals surface area (Å²) in [7, 11) is 1.50. The SMILES string of the molecule is CCOC(=O)c1cc2c(=O)n3ccccc3nc2n(CCOC)c1=NC(=O)c1cc(Cl)ccc1Cl. The quantitative estimate of drug-likeness (QED) is 0.288. The largest absolute Gasteiger partial charge is 0.462 e. The van der Waals surface area contributed by atoms with Crippen molar-refractivity contribution in [2.75, 3.05) is 20.3 Å². The topological polar surface area (TPSA) is 104 Å². The highest BCUT2D eigenvalue weighted by atomic mass is 35.5. The number of hydrogen-bond acceptors (Lipinski definition) is 6. The van der Waals surface area contributed by atoms with E-state index >= 15 is 0 Å². The van der Waals surface area contributed by atoms with Crippen LogP contribution in [0, 0.1) is 0 Å². The summed E-state index contributed by atoms with van der Waals surface area (Å²) in [4.78, 5) is 48.2. The lowest BCUT2D eigenvalue weighted by Crippen LogP contribution is -2.33. The third-order valence-corrected chi connectivity index (χ3v) is 5.74. The average Bonchev–Trinajstić information content (AvgIpc) is 2.85. The summed E-state index contributed by atoms with van der Waals surface area (Å²) in [5.41, 5.74) is 0.167. The second kappa shape index (κ2) is 10.4. The van der Waals surface area contributed by atoms with Crippen LogP contribution in [0.4, 0.5) is 0 Å². The molecule has 3 heterocycles. The van der Waals surface area contributed by atoms with Crippen molar-refractivity contribution in [2.45, 2.75) is 13.5 Å². The summed E-state index contributed by atoms with van der Waals surface area (Å²) in [5, 5.41) is 0.595. The average molecular weight is 515 g/mol. The number of nitrogens with zero attached hydrogens (tertiary/aromatic N) is 4. The predicted octanol–water partition coefficient (Wildman–Crippen LogP) is 3.52. The number of hydrogen-bond donors (Lipinski definition) is 0. The molecule has 9 nitrogen and oxygen atoms in total. The third-order valence-electron chi connectivity index (χ3n) is 5.17. The monoisotopic (exact) mass is 514 g/mol. The van der Waals surface area contributed by atoms with Gasteiger partial charge >= 0.3 is 5.97 Å². The highest BCUT2D eigenvalue weighted by molar-refractivity contribution is 6.35. The van der Waals surface area contributed by atoms with Crippen LogP contribution in [0.15, 0.2) is 58.4 Å². The van der Waals surface area contributed by atoms with Gasteiger partial charge in [-0.2, -0.15) is 4.99 Å². The van der Waals surface area contributed by atoms with Crippen molar-refractivity contribution >= 4 is 51.8 Å². The highest BCUT2D eigenvalue weighted by Crippen LogP contribution is 2.21. The minimum Gasteiger partial charge on any atom is -0.462 e. The van der Waals surface area contributed by atoms with E-state index in [9.17, 15) is 14.4 Å². The van der Waals surface area contributed by atoms with Gasteiger partial charge < -0.3 is 14.0 Å². The van der Waals surface area contributed by atoms with E-state index in [-0.39, 0.29) is 52.4 Å². The van der Waals surface area contributed by atoms with Crippen molar-refractivity contribution in [1.29, 1.82) is 0 Å². The Morgan fingerprint density at radius 3 is 2.66 bits per heavy atom. The van der Waals surface area contributed by atoms with Crippen LogP contribution in [0.1, 0.15) is 27.6 Å². The zero-order chi connectivity index (χ0) is 25.1. The molecule has 0 unspecified atom stereocenters. The third kappa shape index (κ3) is 4.84. The Kier molecular flexibility index (Phi) is 7.30. The Labute approximate surface area is 209 Å². The molecule has 0 radical (unpaired) electrons. The lowest BCUT2D eigenvalue weighted by atomic mass is 10.2. The van der Waals surface area contributed by atoms with E-state index in [1.807, 2.05) is 0 Å². The van der Waals surface area contributed by atoms with Gasteiger partial charge in [-0.3, -0.25) is 14.0 Å². The molecule has 3 aromatic heterocycles. The summed E-state index contributed by atoms with van der Waals surface area (Å²) in [5.74, 6) is -1.48. The van der Waals surface area contributed by atoms with Gasteiger partial charge in [-0.05, 0) is 43.3 Å². The number of carbonyl (C=O) groups is 2. The summed E-state index contributed by atoms with van der Waals surface area (Å²) in [6, 6.07) is 10.9. The van der Waals surface area contributed by atoms with E-state index < -0.39 is 17.4 Å². The van der Waals surface area contributed by atoms with Crippen molar-refractivity contribution in [1.82, 2.24) is 14.0 Å². The molecule has 0 N–H and O–H groups in total. The van der Waals surface area contributed by atoms with Crippen LogP contribution in [-0.4, -0.2) is 46.2 Å². The second-order valence-electron chi connectivity index (χ2n) is 7.37. The Balaban J connectivity index is 2.12. The first kappa shape index (κ1) is 24.6. The van der Waals surface area contributed by atoms with Crippen LogP contribution in [0.5, 0.6) is 0 Å². The summed E-state index contributed by atoms with van der Waals surface area (Å²) in [6.07, 6.45) is 1.58. The molecule has 0 bridgehead atoms. The van der Waals surface area contributed by atoms with Gasteiger partial charge in [-0.25, -0.2) is 9.78 Å². The number of amides is 1. The van der Waals surface area contributed by atoms with Crippen molar-refractivity contribution in [3.05, 3.63) is 85.7 Å². The van der Waals surface area contributed by atoms with Gasteiger partial charge in [0, 0.05) is 24.9 Å². The van der Waals surface area contributed by atoms with Crippen LogP contribution in [0.2, 0.25) is 10.0 Å². The number of benzene rings is 1. The van der Waals surface area contributed by atoms with E-state index in [1.54, 1.807) is 37.4 Å². The molecule has 0 aliphatic heterocycles. The Hall–Kier alpha value is -3.53. The number of methoxy groups -OCH3 is 1. The first-order valence-corrected chi connectivity index (χ1v) is 11.4. The molecule has 0 spiro atoms. The van der Waals surface area contributed by atoms with E-state index in [0.29, 0.717) is 10.7 Å². The molecule has 0 saturated heterocycles. The van der Waals surface area contributed by atoms with Crippen LogP contribution in [-0.2, 0) is 16.0 Å². The number of esters is 1. The fourth-order valence-electron chi connectivity index (χ4n) is 3.57. The van der Waals surface area contributed by atoms with Crippen LogP contribution < -0.4 is 11.0 Å². The number of ether oxygens (including phenoxy) is 2. The minimum absolute atomic E-state index is 0.0405. The molecule has 0 fully saturated rings. The summed E-state index contributed by atoms with van der Waals surface area (Å²) < 4.78 is 13.3.